The molecule has 0 saturated heterocycles. The zero-order valence-corrected chi connectivity index (χ0v) is 11.1. The highest BCUT2D eigenvalue weighted by molar-refractivity contribution is 5.23. The second-order valence-electron chi connectivity index (χ2n) is 5.08. The topological polar surface area (TPSA) is 12.0 Å². The molecule has 1 nitrogen and oxygen atoms in total. The van der Waals surface area contributed by atoms with Gasteiger partial charge >= 0.3 is 0 Å². The molecule has 0 spiro atoms. The predicted molar refractivity (Wildman–Crippen MR) is 71.7 cm³/mol. The van der Waals surface area contributed by atoms with E-state index in [0.717, 1.165) is 5.92 Å². The van der Waals surface area contributed by atoms with Crippen molar-refractivity contribution in [3.63, 3.8) is 0 Å². The molecule has 16 heavy (non-hydrogen) atoms. The average molecular weight is 219 g/mol. The molecule has 0 aliphatic carbocycles. The Morgan fingerprint density at radius 2 is 1.69 bits per heavy atom. The molecule has 0 aliphatic heterocycles. The van der Waals surface area contributed by atoms with Crippen molar-refractivity contribution in [2.45, 2.75) is 46.1 Å². The second kappa shape index (κ2) is 6.70. The molecular formula is C15H25N. The van der Waals surface area contributed by atoms with Crippen LogP contribution in [0.5, 0.6) is 0 Å². The smallest absolute Gasteiger partial charge is 0.0317 e. The maximum absolute atomic E-state index is 3.41. The van der Waals surface area contributed by atoms with E-state index in [-0.39, 0.29) is 0 Å². The first-order chi connectivity index (χ1) is 7.63. The first kappa shape index (κ1) is 13.2. The van der Waals surface area contributed by atoms with Crippen molar-refractivity contribution in [2.75, 3.05) is 7.05 Å². The van der Waals surface area contributed by atoms with Gasteiger partial charge in [-0.1, -0.05) is 56.5 Å². The largest absolute Gasteiger partial charge is 0.313 e. The fraction of sp³-hybridized carbons (Fsp3) is 0.600. The maximum atomic E-state index is 3.41. The van der Waals surface area contributed by atoms with Gasteiger partial charge in [0.05, 0.1) is 0 Å². The van der Waals surface area contributed by atoms with Gasteiger partial charge in [-0.2, -0.15) is 0 Å². The van der Waals surface area contributed by atoms with Crippen LogP contribution in [0.3, 0.4) is 0 Å². The van der Waals surface area contributed by atoms with E-state index in [4.69, 9.17) is 0 Å². The number of aryl methyl sites for hydroxylation is 1. The zero-order chi connectivity index (χ0) is 12.0. The molecule has 1 aromatic rings. The highest BCUT2D eigenvalue weighted by Gasteiger charge is 2.08. The van der Waals surface area contributed by atoms with Crippen molar-refractivity contribution >= 4 is 0 Å². The summed E-state index contributed by atoms with van der Waals surface area (Å²) >= 11 is 0. The van der Waals surface area contributed by atoms with E-state index in [0.29, 0.717) is 6.04 Å². The highest BCUT2D eigenvalue weighted by Crippen LogP contribution is 2.20. The third-order valence-corrected chi connectivity index (χ3v) is 3.10. The van der Waals surface area contributed by atoms with Gasteiger partial charge in [-0.25, -0.2) is 0 Å². The summed E-state index contributed by atoms with van der Waals surface area (Å²) in [6.07, 6.45) is 3.86. The van der Waals surface area contributed by atoms with Crippen LogP contribution < -0.4 is 5.32 Å². The van der Waals surface area contributed by atoms with Crippen LogP contribution in [-0.4, -0.2) is 7.05 Å². The van der Waals surface area contributed by atoms with Gasteiger partial charge in [0.1, 0.15) is 0 Å². The van der Waals surface area contributed by atoms with E-state index in [1.807, 2.05) is 0 Å². The number of hydrogen-bond donors (Lipinski definition) is 1. The van der Waals surface area contributed by atoms with Gasteiger partial charge in [0.2, 0.25) is 0 Å². The fourth-order valence-corrected chi connectivity index (χ4v) is 2.01. The molecule has 1 unspecified atom stereocenters. The van der Waals surface area contributed by atoms with E-state index >= 15 is 0 Å². The van der Waals surface area contributed by atoms with Gasteiger partial charge < -0.3 is 5.32 Å². The van der Waals surface area contributed by atoms with E-state index in [1.54, 1.807) is 0 Å². The lowest BCUT2D eigenvalue weighted by Crippen LogP contribution is -2.16. The molecule has 1 N–H and O–H groups in total. The van der Waals surface area contributed by atoms with Crippen LogP contribution in [0.1, 0.15) is 50.3 Å². The Morgan fingerprint density at radius 1 is 1.06 bits per heavy atom. The summed E-state index contributed by atoms with van der Waals surface area (Å²) in [5.74, 6) is 0.815. The molecule has 0 aromatic heterocycles. The molecule has 0 amide bonds. The number of benzene rings is 1. The van der Waals surface area contributed by atoms with E-state index < -0.39 is 0 Å². The zero-order valence-electron chi connectivity index (χ0n) is 11.1. The van der Waals surface area contributed by atoms with Crippen molar-refractivity contribution in [1.82, 2.24) is 5.32 Å². The minimum absolute atomic E-state index is 0.513. The summed E-state index contributed by atoms with van der Waals surface area (Å²) in [6.45, 7) is 6.72. The van der Waals surface area contributed by atoms with Gasteiger partial charge in [0.25, 0.3) is 0 Å². The van der Waals surface area contributed by atoms with Gasteiger partial charge in [0.15, 0.2) is 0 Å². The van der Waals surface area contributed by atoms with Crippen molar-refractivity contribution in [3.05, 3.63) is 35.4 Å². The monoisotopic (exact) mass is 219 g/mol. The van der Waals surface area contributed by atoms with E-state index in [2.05, 4.69) is 57.4 Å². The van der Waals surface area contributed by atoms with Crippen molar-refractivity contribution in [1.29, 1.82) is 0 Å². The molecule has 0 radical (unpaired) electrons. The number of nitrogens with one attached hydrogen (secondary N) is 1. The summed E-state index contributed by atoms with van der Waals surface area (Å²) in [5, 5.41) is 3.41. The summed E-state index contributed by atoms with van der Waals surface area (Å²) < 4.78 is 0. The number of hydrogen-bond acceptors (Lipinski definition) is 1. The highest BCUT2D eigenvalue weighted by atomic mass is 14.9. The SMILES string of the molecule is CNC(CCCC(C)C)c1ccc(C)cc1. The maximum Gasteiger partial charge on any atom is 0.0317 e. The molecule has 1 atom stereocenters. The Morgan fingerprint density at radius 3 is 2.19 bits per heavy atom. The van der Waals surface area contributed by atoms with Gasteiger partial charge in [-0.3, -0.25) is 0 Å². The Bertz CT molecular complexity index is 287. The third-order valence-electron chi connectivity index (χ3n) is 3.10. The Kier molecular flexibility index (Phi) is 5.54. The van der Waals surface area contributed by atoms with Gasteiger partial charge in [0, 0.05) is 6.04 Å². The molecule has 90 valence electrons. The first-order valence-electron chi connectivity index (χ1n) is 6.37. The summed E-state index contributed by atoms with van der Waals surface area (Å²) in [7, 11) is 2.06. The Labute approximate surface area is 100 Å². The van der Waals surface area contributed by atoms with Crippen LogP contribution in [-0.2, 0) is 0 Å². The van der Waals surface area contributed by atoms with Crippen LogP contribution >= 0.6 is 0 Å². The minimum Gasteiger partial charge on any atom is -0.313 e. The minimum atomic E-state index is 0.513. The van der Waals surface area contributed by atoms with Crippen LogP contribution in [0.2, 0.25) is 0 Å². The lowest BCUT2D eigenvalue weighted by molar-refractivity contribution is 0.470. The van der Waals surface area contributed by atoms with E-state index in [9.17, 15) is 0 Å². The molecule has 1 rings (SSSR count). The first-order valence-corrected chi connectivity index (χ1v) is 6.37. The molecular weight excluding hydrogens is 194 g/mol. The van der Waals surface area contributed by atoms with Crippen LogP contribution in [0.25, 0.3) is 0 Å². The predicted octanol–water partition coefficient (Wildman–Crippen LogP) is 4.08. The summed E-state index contributed by atoms with van der Waals surface area (Å²) in [5.41, 5.74) is 2.75. The lowest BCUT2D eigenvalue weighted by Gasteiger charge is -2.17. The normalized spacial score (nSPS) is 13.1. The second-order valence-corrected chi connectivity index (χ2v) is 5.08. The molecule has 1 aromatic carbocycles. The summed E-state index contributed by atoms with van der Waals surface area (Å²) in [6, 6.07) is 9.39. The molecule has 0 aliphatic rings. The Hall–Kier alpha value is -0.820. The third kappa shape index (κ3) is 4.36. The van der Waals surface area contributed by atoms with Crippen molar-refractivity contribution in [2.24, 2.45) is 5.92 Å². The molecule has 0 bridgehead atoms. The molecule has 1 heteroatoms. The fourth-order valence-electron chi connectivity index (χ4n) is 2.01. The van der Waals surface area contributed by atoms with Crippen molar-refractivity contribution in [3.8, 4) is 0 Å². The van der Waals surface area contributed by atoms with Crippen LogP contribution in [0.4, 0.5) is 0 Å². The molecule has 0 heterocycles. The standard InChI is InChI=1S/C15H25N/c1-12(2)6-5-7-15(16-4)14-10-8-13(3)9-11-14/h8-12,15-16H,5-7H2,1-4H3. The van der Waals surface area contributed by atoms with Gasteiger partial charge in [-0.05, 0) is 31.9 Å². The quantitative estimate of drug-likeness (QED) is 0.760. The Balaban J connectivity index is 2.50. The van der Waals surface area contributed by atoms with Crippen LogP contribution in [0, 0.1) is 12.8 Å². The van der Waals surface area contributed by atoms with Crippen molar-refractivity contribution < 1.29 is 0 Å². The average Bonchev–Trinajstić information content (AvgIpc) is 2.26. The summed E-state index contributed by atoms with van der Waals surface area (Å²) in [4.78, 5) is 0. The molecule has 0 saturated carbocycles. The van der Waals surface area contributed by atoms with Crippen LogP contribution in [0.15, 0.2) is 24.3 Å². The lowest BCUT2D eigenvalue weighted by atomic mass is 9.97. The van der Waals surface area contributed by atoms with E-state index in [1.165, 1.54) is 30.4 Å². The molecule has 0 fully saturated rings. The van der Waals surface area contributed by atoms with Gasteiger partial charge in [-0.15, -0.1) is 0 Å². The number of rotatable bonds is 6.